The molecule has 0 saturated carbocycles. The zero-order valence-corrected chi connectivity index (χ0v) is 23.6. The van der Waals surface area contributed by atoms with E-state index in [9.17, 15) is 22.5 Å². The Hall–Kier alpha value is -3.83. The van der Waals surface area contributed by atoms with Crippen LogP contribution in [0.4, 0.5) is 34.9 Å². The van der Waals surface area contributed by atoms with Crippen LogP contribution in [-0.2, 0) is 4.57 Å². The molecule has 0 radical (unpaired) electrons. The molecule has 0 unspecified atom stereocenters. The summed E-state index contributed by atoms with van der Waals surface area (Å²) < 4.78 is 72.0. The summed E-state index contributed by atoms with van der Waals surface area (Å²) in [5, 5.41) is 3.09. The van der Waals surface area contributed by atoms with Crippen molar-refractivity contribution in [3.8, 4) is 17.0 Å². The average Bonchev–Trinajstić information content (AvgIpc) is 3.17. The number of fused-ring (bicyclic) bond motifs is 1. The molecule has 0 spiro atoms. The van der Waals surface area contributed by atoms with E-state index in [1.54, 1.807) is 6.92 Å². The molecule has 5 rings (SSSR count). The summed E-state index contributed by atoms with van der Waals surface area (Å²) in [5.74, 6) is -2.11. The predicted octanol–water partition coefficient (Wildman–Crippen LogP) is 4.89. The van der Waals surface area contributed by atoms with Gasteiger partial charge in [-0.2, -0.15) is 0 Å². The molecule has 0 aliphatic carbocycles. The van der Waals surface area contributed by atoms with Gasteiger partial charge in [0.05, 0.1) is 23.2 Å². The van der Waals surface area contributed by atoms with E-state index in [0.29, 0.717) is 35.4 Å². The zero-order chi connectivity index (χ0) is 29.7. The number of nitrogens with zero attached hydrogens (tertiary/aromatic N) is 5. The van der Waals surface area contributed by atoms with Gasteiger partial charge in [0, 0.05) is 48.3 Å². The lowest BCUT2D eigenvalue weighted by atomic mass is 10.0. The van der Waals surface area contributed by atoms with Gasteiger partial charge in [-0.05, 0) is 57.6 Å². The molecule has 2 aromatic carbocycles. The van der Waals surface area contributed by atoms with E-state index in [4.69, 9.17) is 0 Å². The van der Waals surface area contributed by atoms with Crippen molar-refractivity contribution < 1.29 is 31.7 Å². The highest BCUT2D eigenvalue weighted by Gasteiger charge is 2.33. The predicted molar refractivity (Wildman–Crippen MR) is 149 cm³/mol. The summed E-state index contributed by atoms with van der Waals surface area (Å²) in [5.41, 5.74) is 1.56. The standard InChI is InChI=1S/C27H27F4N6O3P/c1-15-23-18(25(38)33-15)11-16(12-22(23)41(3,4)39)24-19(28)14-32-26(35-24)34-20-13-17(37-9-7-36(2)8-10-37)5-6-21(20)40-27(29,30)31/h5-6,11-14H,7-10H2,1-4H3,(H,32,34,35). The van der Waals surface area contributed by atoms with E-state index in [1.165, 1.54) is 43.7 Å². The van der Waals surface area contributed by atoms with Crippen molar-refractivity contribution >= 4 is 41.4 Å². The number of amides is 1. The molecule has 1 fully saturated rings. The first kappa shape index (κ1) is 28.7. The highest BCUT2D eigenvalue weighted by Crippen LogP contribution is 2.41. The van der Waals surface area contributed by atoms with E-state index in [0.717, 1.165) is 19.3 Å². The van der Waals surface area contributed by atoms with Crippen LogP contribution in [0.2, 0.25) is 0 Å². The van der Waals surface area contributed by atoms with Crippen LogP contribution in [0, 0.1) is 5.82 Å². The normalized spacial score (nSPS) is 16.0. The fraction of sp³-hybridized carbons (Fsp3) is 0.333. The number of aliphatic imine (C=N–C) groups is 1. The van der Waals surface area contributed by atoms with Gasteiger partial charge < -0.3 is 24.4 Å². The molecule has 14 heteroatoms. The largest absolute Gasteiger partial charge is 0.573 e. The number of carbonyl (C=O) groups is 1. The highest BCUT2D eigenvalue weighted by atomic mass is 31.2. The van der Waals surface area contributed by atoms with Crippen molar-refractivity contribution in [2.45, 2.75) is 13.3 Å². The lowest BCUT2D eigenvalue weighted by molar-refractivity contribution is -0.274. The van der Waals surface area contributed by atoms with Gasteiger partial charge in [0.15, 0.2) is 11.6 Å². The van der Waals surface area contributed by atoms with Crippen molar-refractivity contribution in [3.63, 3.8) is 0 Å². The Morgan fingerprint density at radius 2 is 1.78 bits per heavy atom. The monoisotopic (exact) mass is 590 g/mol. The van der Waals surface area contributed by atoms with Crippen LogP contribution in [0.1, 0.15) is 22.8 Å². The number of hydrogen-bond acceptors (Lipinski definition) is 8. The summed E-state index contributed by atoms with van der Waals surface area (Å²) in [6.45, 7) is 7.61. The Labute approximate surface area is 233 Å². The third-order valence-electron chi connectivity index (χ3n) is 6.88. The number of ether oxygens (including phenoxy) is 1. The minimum Gasteiger partial charge on any atom is -0.404 e. The molecule has 0 atom stereocenters. The van der Waals surface area contributed by atoms with Crippen LogP contribution in [0.3, 0.4) is 0 Å². The molecule has 1 N–H and O–H groups in total. The quantitative estimate of drug-likeness (QED) is 0.320. The maximum atomic E-state index is 15.1. The Kier molecular flexibility index (Phi) is 7.37. The van der Waals surface area contributed by atoms with Crippen molar-refractivity contribution in [3.05, 3.63) is 53.5 Å². The Balaban J connectivity index is 1.55. The number of rotatable bonds is 6. The second-order valence-corrected chi connectivity index (χ2v) is 13.5. The Bertz CT molecular complexity index is 1610. The average molecular weight is 591 g/mol. The topological polar surface area (TPSA) is 100 Å². The third kappa shape index (κ3) is 6.11. The molecule has 3 aromatic rings. The number of piperazine rings is 1. The van der Waals surface area contributed by atoms with Gasteiger partial charge in [-0.15, -0.1) is 13.2 Å². The number of aromatic nitrogens is 2. The van der Waals surface area contributed by atoms with Crippen molar-refractivity contribution in [2.75, 3.05) is 56.8 Å². The molecular formula is C27H27F4N6O3P. The molecule has 3 heterocycles. The second kappa shape index (κ2) is 10.5. The number of likely N-dealkylation sites (N-methyl/N-ethyl adjacent to an activating group) is 1. The molecule has 216 valence electrons. The SMILES string of the molecule is CC1=NC(=O)c2cc(-c3nc(Nc4cc(N5CCN(C)CC5)ccc4OC(F)(F)F)ncc3F)cc(P(C)(C)=O)c21. The number of nitrogens with one attached hydrogen (secondary N) is 1. The lowest BCUT2D eigenvalue weighted by Gasteiger charge is -2.34. The minimum absolute atomic E-state index is 0.0724. The van der Waals surface area contributed by atoms with Crippen LogP contribution >= 0.6 is 7.14 Å². The van der Waals surface area contributed by atoms with Crippen LogP contribution in [0.15, 0.2) is 41.5 Å². The summed E-state index contributed by atoms with van der Waals surface area (Å²) >= 11 is 0. The number of benzene rings is 2. The molecule has 2 aliphatic rings. The van der Waals surface area contributed by atoms with E-state index in [-0.39, 0.29) is 28.5 Å². The fourth-order valence-electron chi connectivity index (χ4n) is 4.85. The zero-order valence-electron chi connectivity index (χ0n) is 22.7. The van der Waals surface area contributed by atoms with E-state index < -0.39 is 31.0 Å². The summed E-state index contributed by atoms with van der Waals surface area (Å²) in [6.07, 6.45) is -4.09. The molecule has 0 bridgehead atoms. The Morgan fingerprint density at radius 3 is 2.44 bits per heavy atom. The number of carbonyl (C=O) groups excluding carboxylic acids is 1. The first-order valence-corrected chi connectivity index (χ1v) is 15.3. The molecule has 1 saturated heterocycles. The van der Waals surface area contributed by atoms with Crippen molar-refractivity contribution in [1.82, 2.24) is 14.9 Å². The van der Waals surface area contributed by atoms with Gasteiger partial charge in [0.25, 0.3) is 5.91 Å². The van der Waals surface area contributed by atoms with Gasteiger partial charge in [-0.25, -0.2) is 19.4 Å². The fourth-order valence-corrected chi connectivity index (χ4v) is 6.12. The van der Waals surface area contributed by atoms with Crippen molar-refractivity contribution in [1.29, 1.82) is 0 Å². The molecular weight excluding hydrogens is 563 g/mol. The molecule has 41 heavy (non-hydrogen) atoms. The first-order chi connectivity index (χ1) is 19.2. The van der Waals surface area contributed by atoms with Gasteiger partial charge in [0.2, 0.25) is 5.95 Å². The highest BCUT2D eigenvalue weighted by molar-refractivity contribution is 7.70. The van der Waals surface area contributed by atoms with E-state index >= 15 is 4.39 Å². The first-order valence-electron chi connectivity index (χ1n) is 12.7. The van der Waals surface area contributed by atoms with Gasteiger partial charge in [-0.1, -0.05) is 0 Å². The van der Waals surface area contributed by atoms with Gasteiger partial charge >= 0.3 is 6.36 Å². The summed E-state index contributed by atoms with van der Waals surface area (Å²) in [6, 6.07) is 7.15. The molecule has 1 amide bonds. The summed E-state index contributed by atoms with van der Waals surface area (Å²) in [4.78, 5) is 28.8. The lowest BCUT2D eigenvalue weighted by Crippen LogP contribution is -2.44. The minimum atomic E-state index is -4.96. The number of halogens is 4. The molecule has 2 aliphatic heterocycles. The van der Waals surface area contributed by atoms with Crippen molar-refractivity contribution in [2.24, 2.45) is 4.99 Å². The number of anilines is 3. The number of alkyl halides is 3. The van der Waals surface area contributed by atoms with E-state index in [1.807, 2.05) is 11.9 Å². The smallest absolute Gasteiger partial charge is 0.404 e. The van der Waals surface area contributed by atoms with Crippen LogP contribution < -0.4 is 20.3 Å². The van der Waals surface area contributed by atoms with Crippen LogP contribution in [0.25, 0.3) is 11.3 Å². The third-order valence-corrected chi connectivity index (χ3v) is 8.39. The Morgan fingerprint density at radius 1 is 1.07 bits per heavy atom. The summed E-state index contributed by atoms with van der Waals surface area (Å²) in [7, 11) is -0.959. The maximum Gasteiger partial charge on any atom is 0.573 e. The van der Waals surface area contributed by atoms with Crippen LogP contribution in [-0.4, -0.2) is 79.4 Å². The number of hydrogen-bond donors (Lipinski definition) is 1. The molecule has 1 aromatic heterocycles. The molecule has 9 nitrogen and oxygen atoms in total. The van der Waals surface area contributed by atoms with E-state index in [2.05, 4.69) is 29.9 Å². The van der Waals surface area contributed by atoms with Gasteiger partial charge in [-0.3, -0.25) is 4.79 Å². The van der Waals surface area contributed by atoms with Crippen LogP contribution in [0.5, 0.6) is 5.75 Å². The van der Waals surface area contributed by atoms with Gasteiger partial charge in [0.1, 0.15) is 12.8 Å². The second-order valence-electron chi connectivity index (χ2n) is 10.3. The maximum absolute atomic E-state index is 15.1.